The van der Waals surface area contributed by atoms with E-state index in [4.69, 9.17) is 4.98 Å². The summed E-state index contributed by atoms with van der Waals surface area (Å²) < 4.78 is 0. The van der Waals surface area contributed by atoms with Gasteiger partial charge < -0.3 is 5.32 Å². The van der Waals surface area contributed by atoms with Gasteiger partial charge in [0.25, 0.3) is 0 Å². The predicted octanol–water partition coefficient (Wildman–Crippen LogP) is 3.01. The summed E-state index contributed by atoms with van der Waals surface area (Å²) in [6.07, 6.45) is 9.55. The zero-order chi connectivity index (χ0) is 14.7. The molecule has 2 heterocycles. The Balaban J connectivity index is 1.54. The molecule has 2 aromatic heterocycles. The molecule has 0 radical (unpaired) electrons. The van der Waals surface area contributed by atoms with Crippen LogP contribution in [0, 0.1) is 6.92 Å². The minimum absolute atomic E-state index is 0.318. The molecule has 1 atom stereocenters. The van der Waals surface area contributed by atoms with Gasteiger partial charge in [0.2, 0.25) is 0 Å². The Morgan fingerprint density at radius 3 is 2.90 bits per heavy atom. The number of hydrogen-bond donors (Lipinski definition) is 1. The Labute approximate surface area is 130 Å². The van der Waals surface area contributed by atoms with Gasteiger partial charge in [-0.1, -0.05) is 0 Å². The molecule has 1 unspecified atom stereocenters. The molecule has 1 aliphatic rings. The van der Waals surface area contributed by atoms with Crippen LogP contribution in [0.15, 0.2) is 12.4 Å². The number of aromatic nitrogens is 3. The Bertz CT molecular complexity index is 585. The number of aryl methyl sites for hydroxylation is 3. The first-order chi connectivity index (χ1) is 10.2. The van der Waals surface area contributed by atoms with Crippen LogP contribution in [0.2, 0.25) is 0 Å². The molecule has 0 amide bonds. The normalized spacial score (nSPS) is 15.7. The second kappa shape index (κ2) is 6.62. The fourth-order valence-corrected chi connectivity index (χ4v) is 3.88. The standard InChI is InChI=1S/C16H22N4S/c1-11-9-17-10-13(19-11)7-8-18-12(2)16-20-14-5-3-4-6-15(14)21-16/h9-10,12,18H,3-8H2,1-2H3. The summed E-state index contributed by atoms with van der Waals surface area (Å²) in [4.78, 5) is 15.0. The fourth-order valence-electron chi connectivity index (χ4n) is 2.70. The first kappa shape index (κ1) is 14.6. The molecule has 21 heavy (non-hydrogen) atoms. The van der Waals surface area contributed by atoms with Crippen LogP contribution in [-0.2, 0) is 19.3 Å². The van der Waals surface area contributed by atoms with E-state index in [1.165, 1.54) is 34.8 Å². The molecule has 5 heteroatoms. The molecule has 0 aliphatic heterocycles. The van der Waals surface area contributed by atoms with Crippen LogP contribution in [0.3, 0.4) is 0 Å². The predicted molar refractivity (Wildman–Crippen MR) is 85.6 cm³/mol. The third kappa shape index (κ3) is 3.66. The van der Waals surface area contributed by atoms with Gasteiger partial charge in [-0.3, -0.25) is 9.97 Å². The second-order valence-electron chi connectivity index (χ2n) is 5.71. The van der Waals surface area contributed by atoms with Crippen molar-refractivity contribution in [3.63, 3.8) is 0 Å². The molecule has 0 saturated carbocycles. The van der Waals surface area contributed by atoms with Crippen molar-refractivity contribution in [2.24, 2.45) is 0 Å². The van der Waals surface area contributed by atoms with E-state index in [0.29, 0.717) is 6.04 Å². The third-order valence-corrected chi connectivity index (χ3v) is 5.21. The highest BCUT2D eigenvalue weighted by atomic mass is 32.1. The van der Waals surface area contributed by atoms with Gasteiger partial charge in [0.15, 0.2) is 0 Å². The van der Waals surface area contributed by atoms with Crippen molar-refractivity contribution in [2.45, 2.75) is 52.0 Å². The SMILES string of the molecule is Cc1cncc(CCNC(C)c2nc3c(s2)CCCC3)n1. The van der Waals surface area contributed by atoms with Crippen molar-refractivity contribution >= 4 is 11.3 Å². The molecule has 0 fully saturated rings. The monoisotopic (exact) mass is 302 g/mol. The maximum atomic E-state index is 4.82. The van der Waals surface area contributed by atoms with E-state index in [-0.39, 0.29) is 0 Å². The summed E-state index contributed by atoms with van der Waals surface area (Å²) in [5, 5.41) is 4.79. The van der Waals surface area contributed by atoms with Crippen molar-refractivity contribution in [1.82, 2.24) is 20.3 Å². The molecule has 1 aliphatic carbocycles. The van der Waals surface area contributed by atoms with Crippen molar-refractivity contribution in [1.29, 1.82) is 0 Å². The smallest absolute Gasteiger partial charge is 0.110 e. The van der Waals surface area contributed by atoms with Gasteiger partial charge >= 0.3 is 0 Å². The lowest BCUT2D eigenvalue weighted by atomic mass is 10.0. The number of fused-ring (bicyclic) bond motifs is 1. The summed E-state index contributed by atoms with van der Waals surface area (Å²) >= 11 is 1.89. The first-order valence-electron chi connectivity index (χ1n) is 7.72. The molecule has 0 bridgehead atoms. The van der Waals surface area contributed by atoms with Crippen molar-refractivity contribution in [3.8, 4) is 0 Å². The Hall–Kier alpha value is -1.33. The van der Waals surface area contributed by atoms with Crippen LogP contribution < -0.4 is 5.32 Å². The Morgan fingerprint density at radius 1 is 1.24 bits per heavy atom. The summed E-state index contributed by atoms with van der Waals surface area (Å²) in [5.41, 5.74) is 3.38. The van der Waals surface area contributed by atoms with E-state index in [2.05, 4.69) is 22.2 Å². The lowest BCUT2D eigenvalue weighted by Gasteiger charge is -2.10. The van der Waals surface area contributed by atoms with Crippen LogP contribution in [0.1, 0.15) is 52.8 Å². The van der Waals surface area contributed by atoms with Crippen LogP contribution >= 0.6 is 11.3 Å². The van der Waals surface area contributed by atoms with Crippen LogP contribution in [0.25, 0.3) is 0 Å². The van der Waals surface area contributed by atoms with Crippen molar-refractivity contribution in [3.05, 3.63) is 39.4 Å². The lowest BCUT2D eigenvalue weighted by Crippen LogP contribution is -2.21. The van der Waals surface area contributed by atoms with Gasteiger partial charge in [-0.05, 0) is 39.5 Å². The zero-order valence-corrected chi connectivity index (χ0v) is 13.5. The van der Waals surface area contributed by atoms with E-state index >= 15 is 0 Å². The Morgan fingerprint density at radius 2 is 2.10 bits per heavy atom. The molecule has 0 saturated heterocycles. The average molecular weight is 302 g/mol. The van der Waals surface area contributed by atoms with Crippen molar-refractivity contribution in [2.75, 3.05) is 6.54 Å². The van der Waals surface area contributed by atoms with Crippen LogP contribution in [-0.4, -0.2) is 21.5 Å². The second-order valence-corrected chi connectivity index (χ2v) is 6.82. The van der Waals surface area contributed by atoms with E-state index in [9.17, 15) is 0 Å². The van der Waals surface area contributed by atoms with Gasteiger partial charge in [-0.25, -0.2) is 4.98 Å². The third-order valence-electron chi connectivity index (χ3n) is 3.87. The number of nitrogens with one attached hydrogen (secondary N) is 1. The Kier molecular flexibility index (Phi) is 4.60. The van der Waals surface area contributed by atoms with Crippen molar-refractivity contribution < 1.29 is 0 Å². The summed E-state index contributed by atoms with van der Waals surface area (Å²) in [5.74, 6) is 0. The molecule has 0 aromatic carbocycles. The number of rotatable bonds is 5. The van der Waals surface area contributed by atoms with E-state index in [0.717, 1.165) is 30.8 Å². The number of hydrogen-bond acceptors (Lipinski definition) is 5. The molecule has 4 nitrogen and oxygen atoms in total. The largest absolute Gasteiger partial charge is 0.308 e. The molecular weight excluding hydrogens is 280 g/mol. The number of nitrogens with zero attached hydrogens (tertiary/aromatic N) is 3. The maximum absolute atomic E-state index is 4.82. The van der Waals surface area contributed by atoms with E-state index in [1.807, 2.05) is 24.5 Å². The number of thiazole rings is 1. The molecule has 112 valence electrons. The van der Waals surface area contributed by atoms with Gasteiger partial charge in [0.1, 0.15) is 5.01 Å². The molecule has 2 aromatic rings. The maximum Gasteiger partial charge on any atom is 0.110 e. The average Bonchev–Trinajstić information content (AvgIpc) is 2.91. The first-order valence-corrected chi connectivity index (χ1v) is 8.53. The zero-order valence-electron chi connectivity index (χ0n) is 12.7. The van der Waals surface area contributed by atoms with E-state index < -0.39 is 0 Å². The summed E-state index contributed by atoms with van der Waals surface area (Å²) in [7, 11) is 0. The van der Waals surface area contributed by atoms with Crippen LogP contribution in [0.4, 0.5) is 0 Å². The highest BCUT2D eigenvalue weighted by molar-refractivity contribution is 7.11. The minimum atomic E-state index is 0.318. The molecule has 0 spiro atoms. The highest BCUT2D eigenvalue weighted by Crippen LogP contribution is 2.29. The van der Waals surface area contributed by atoms with Crippen LogP contribution in [0.5, 0.6) is 0 Å². The lowest BCUT2D eigenvalue weighted by molar-refractivity contribution is 0.567. The summed E-state index contributed by atoms with van der Waals surface area (Å²) in [6.45, 7) is 5.09. The van der Waals surface area contributed by atoms with Gasteiger partial charge in [0.05, 0.1) is 23.1 Å². The van der Waals surface area contributed by atoms with Gasteiger partial charge in [-0.15, -0.1) is 11.3 Å². The molecular formula is C16H22N4S. The minimum Gasteiger partial charge on any atom is -0.308 e. The fraction of sp³-hybridized carbons (Fsp3) is 0.562. The van der Waals surface area contributed by atoms with E-state index in [1.54, 1.807) is 6.20 Å². The quantitative estimate of drug-likeness (QED) is 0.922. The summed E-state index contributed by atoms with van der Waals surface area (Å²) in [6, 6.07) is 0.318. The molecule has 3 rings (SSSR count). The topological polar surface area (TPSA) is 50.7 Å². The highest BCUT2D eigenvalue weighted by Gasteiger charge is 2.17. The van der Waals surface area contributed by atoms with Gasteiger partial charge in [-0.2, -0.15) is 0 Å². The van der Waals surface area contributed by atoms with Gasteiger partial charge in [0, 0.05) is 30.2 Å². The molecule has 1 N–H and O–H groups in total.